The third-order valence-corrected chi connectivity index (χ3v) is 3.74. The van der Waals surface area contributed by atoms with Gasteiger partial charge < -0.3 is 14.6 Å². The molecule has 1 fully saturated rings. The summed E-state index contributed by atoms with van der Waals surface area (Å²) in [6.45, 7) is 2.76. The van der Waals surface area contributed by atoms with Crippen molar-refractivity contribution < 1.29 is 9.21 Å². The molecule has 1 amide bonds. The van der Waals surface area contributed by atoms with Crippen LogP contribution in [0.15, 0.2) is 53.3 Å². The summed E-state index contributed by atoms with van der Waals surface area (Å²) < 4.78 is 4.91. The summed E-state index contributed by atoms with van der Waals surface area (Å²) in [6, 6.07) is 12.1. The van der Waals surface area contributed by atoms with Gasteiger partial charge in [0.15, 0.2) is 0 Å². The highest BCUT2D eigenvalue weighted by Gasteiger charge is 2.23. The van der Waals surface area contributed by atoms with E-state index in [-0.39, 0.29) is 5.91 Å². The Kier molecular flexibility index (Phi) is 3.72. The summed E-state index contributed by atoms with van der Waals surface area (Å²) in [5.41, 5.74) is 1.85. The summed E-state index contributed by atoms with van der Waals surface area (Å²) in [4.78, 5) is 14.2. The molecule has 0 spiro atoms. The number of nitrogens with one attached hydrogen (secondary N) is 1. The number of hydrogen-bond donors (Lipinski definition) is 1. The number of furan rings is 1. The number of hydrogen-bond acceptors (Lipinski definition) is 3. The zero-order valence-electron chi connectivity index (χ0n) is 11.3. The predicted octanol–water partition coefficient (Wildman–Crippen LogP) is 2.54. The maximum absolute atomic E-state index is 11.8. The number of benzene rings is 1. The first-order valence-corrected chi connectivity index (χ1v) is 6.93. The van der Waals surface area contributed by atoms with Crippen molar-refractivity contribution >= 4 is 11.6 Å². The molecule has 4 nitrogen and oxygen atoms in total. The van der Waals surface area contributed by atoms with Crippen LogP contribution in [0, 0.1) is 5.92 Å². The number of para-hydroxylation sites is 1. The number of nitrogens with zero attached hydrogens (tertiary/aromatic N) is 1. The number of amides is 1. The topological polar surface area (TPSA) is 45.5 Å². The smallest absolute Gasteiger partial charge is 0.254 e. The Morgan fingerprint density at radius 1 is 1.30 bits per heavy atom. The zero-order valence-corrected chi connectivity index (χ0v) is 11.3. The van der Waals surface area contributed by atoms with Gasteiger partial charge in [-0.1, -0.05) is 18.2 Å². The minimum absolute atomic E-state index is 0.0584. The van der Waals surface area contributed by atoms with Crippen molar-refractivity contribution in [2.75, 3.05) is 24.5 Å². The van der Waals surface area contributed by atoms with Crippen molar-refractivity contribution in [1.82, 2.24) is 5.32 Å². The number of rotatable bonds is 4. The summed E-state index contributed by atoms with van der Waals surface area (Å²) in [7, 11) is 0. The molecule has 1 aliphatic heterocycles. The summed E-state index contributed by atoms with van der Waals surface area (Å²) in [6.07, 6.45) is 4.10. The van der Waals surface area contributed by atoms with E-state index in [2.05, 4.69) is 34.5 Å². The van der Waals surface area contributed by atoms with E-state index in [9.17, 15) is 4.79 Å². The van der Waals surface area contributed by atoms with Crippen LogP contribution in [0.25, 0.3) is 0 Å². The highest BCUT2D eigenvalue weighted by atomic mass is 16.3. The minimum Gasteiger partial charge on any atom is -0.472 e. The monoisotopic (exact) mass is 270 g/mol. The normalized spacial score (nSPS) is 18.2. The van der Waals surface area contributed by atoms with Crippen molar-refractivity contribution in [2.45, 2.75) is 6.42 Å². The van der Waals surface area contributed by atoms with Crippen LogP contribution >= 0.6 is 0 Å². The number of anilines is 1. The van der Waals surface area contributed by atoms with E-state index >= 15 is 0 Å². The maximum atomic E-state index is 11.8. The molecule has 3 rings (SSSR count). The molecule has 2 heterocycles. The van der Waals surface area contributed by atoms with E-state index in [1.807, 2.05) is 6.07 Å². The van der Waals surface area contributed by atoms with Gasteiger partial charge in [0.2, 0.25) is 0 Å². The van der Waals surface area contributed by atoms with Gasteiger partial charge in [0.25, 0.3) is 5.91 Å². The van der Waals surface area contributed by atoms with Gasteiger partial charge in [-0.15, -0.1) is 0 Å². The van der Waals surface area contributed by atoms with E-state index in [1.54, 1.807) is 6.07 Å². The lowest BCUT2D eigenvalue weighted by Gasteiger charge is -2.18. The molecule has 20 heavy (non-hydrogen) atoms. The Hall–Kier alpha value is -2.23. The van der Waals surface area contributed by atoms with Crippen LogP contribution < -0.4 is 10.2 Å². The second-order valence-corrected chi connectivity index (χ2v) is 5.16. The first-order chi connectivity index (χ1) is 9.83. The predicted molar refractivity (Wildman–Crippen MR) is 77.8 cm³/mol. The molecule has 1 aromatic carbocycles. The number of carbonyl (C=O) groups is 1. The van der Waals surface area contributed by atoms with Crippen LogP contribution in [-0.2, 0) is 0 Å². The fraction of sp³-hybridized carbons (Fsp3) is 0.312. The first-order valence-electron chi connectivity index (χ1n) is 6.93. The van der Waals surface area contributed by atoms with E-state index in [0.717, 1.165) is 19.5 Å². The molecule has 1 atom stereocenters. The summed E-state index contributed by atoms with van der Waals surface area (Å²) in [5.74, 6) is 0.447. The maximum Gasteiger partial charge on any atom is 0.254 e. The molecule has 0 radical (unpaired) electrons. The van der Waals surface area contributed by atoms with E-state index in [4.69, 9.17) is 4.42 Å². The fourth-order valence-corrected chi connectivity index (χ4v) is 2.61. The highest BCUT2D eigenvalue weighted by Crippen LogP contribution is 2.22. The van der Waals surface area contributed by atoms with Crippen molar-refractivity contribution in [3.63, 3.8) is 0 Å². The largest absolute Gasteiger partial charge is 0.472 e. The van der Waals surface area contributed by atoms with Gasteiger partial charge in [-0.05, 0) is 30.5 Å². The van der Waals surface area contributed by atoms with Crippen LogP contribution in [0.5, 0.6) is 0 Å². The fourth-order valence-electron chi connectivity index (χ4n) is 2.61. The molecule has 104 valence electrons. The van der Waals surface area contributed by atoms with Crippen molar-refractivity contribution in [1.29, 1.82) is 0 Å². The van der Waals surface area contributed by atoms with Crippen LogP contribution in [-0.4, -0.2) is 25.5 Å². The molecule has 0 unspecified atom stereocenters. The molecule has 2 aromatic rings. The number of carbonyl (C=O) groups excluding carboxylic acids is 1. The Bertz CT molecular complexity index is 551. The molecule has 1 aliphatic rings. The highest BCUT2D eigenvalue weighted by molar-refractivity contribution is 5.93. The molecular weight excluding hydrogens is 252 g/mol. The Morgan fingerprint density at radius 2 is 2.15 bits per heavy atom. The second kappa shape index (κ2) is 5.82. The first kappa shape index (κ1) is 12.8. The van der Waals surface area contributed by atoms with E-state index in [0.29, 0.717) is 18.0 Å². The van der Waals surface area contributed by atoms with Gasteiger partial charge in [0, 0.05) is 25.3 Å². The average molecular weight is 270 g/mol. The van der Waals surface area contributed by atoms with Crippen molar-refractivity contribution in [3.05, 3.63) is 54.5 Å². The Morgan fingerprint density at radius 3 is 2.90 bits per heavy atom. The Balaban J connectivity index is 1.50. The molecule has 0 aliphatic carbocycles. The molecular formula is C16H18N2O2. The zero-order chi connectivity index (χ0) is 13.8. The lowest BCUT2D eigenvalue weighted by molar-refractivity contribution is 0.0947. The van der Waals surface area contributed by atoms with Crippen LogP contribution in [0.1, 0.15) is 16.8 Å². The van der Waals surface area contributed by atoms with Crippen molar-refractivity contribution in [2.24, 2.45) is 5.92 Å². The standard InChI is InChI=1S/C16H18N2O2/c19-16(14-7-9-20-12-14)17-10-13-6-8-18(11-13)15-4-2-1-3-5-15/h1-5,7,9,12-13H,6,8,10-11H2,(H,17,19)/t13-/m1/s1. The molecule has 4 heteroatoms. The van der Waals surface area contributed by atoms with Gasteiger partial charge in [-0.25, -0.2) is 0 Å². The third kappa shape index (κ3) is 2.85. The van der Waals surface area contributed by atoms with Gasteiger partial charge in [0.1, 0.15) is 6.26 Å². The summed E-state index contributed by atoms with van der Waals surface area (Å²) >= 11 is 0. The van der Waals surface area contributed by atoms with Crippen LogP contribution in [0.3, 0.4) is 0 Å². The van der Waals surface area contributed by atoms with Crippen LogP contribution in [0.4, 0.5) is 5.69 Å². The van der Waals surface area contributed by atoms with Gasteiger partial charge >= 0.3 is 0 Å². The van der Waals surface area contributed by atoms with Gasteiger partial charge in [-0.3, -0.25) is 4.79 Å². The lowest BCUT2D eigenvalue weighted by Crippen LogP contribution is -2.30. The van der Waals surface area contributed by atoms with Gasteiger partial charge in [-0.2, -0.15) is 0 Å². The second-order valence-electron chi connectivity index (χ2n) is 5.16. The SMILES string of the molecule is O=C(NC[C@H]1CCN(c2ccccc2)C1)c1ccoc1. The molecule has 1 aromatic heterocycles. The minimum atomic E-state index is -0.0584. The van der Waals surface area contributed by atoms with Crippen molar-refractivity contribution in [3.8, 4) is 0 Å². The molecule has 1 saturated heterocycles. The Labute approximate surface area is 118 Å². The summed E-state index contributed by atoms with van der Waals surface area (Å²) in [5, 5.41) is 2.97. The molecule has 1 N–H and O–H groups in total. The molecule has 0 saturated carbocycles. The van der Waals surface area contributed by atoms with Gasteiger partial charge in [0.05, 0.1) is 11.8 Å². The third-order valence-electron chi connectivity index (χ3n) is 3.74. The molecule has 0 bridgehead atoms. The average Bonchev–Trinajstić information content (AvgIpc) is 3.17. The lowest BCUT2D eigenvalue weighted by atomic mass is 10.1. The van der Waals surface area contributed by atoms with E-state index in [1.165, 1.54) is 18.2 Å². The van der Waals surface area contributed by atoms with Crippen LogP contribution in [0.2, 0.25) is 0 Å². The quantitative estimate of drug-likeness (QED) is 0.928. The van der Waals surface area contributed by atoms with E-state index < -0.39 is 0 Å².